The van der Waals surface area contributed by atoms with Gasteiger partial charge >= 0.3 is 0 Å². The summed E-state index contributed by atoms with van der Waals surface area (Å²) in [6, 6.07) is 10.8. The van der Waals surface area contributed by atoms with Crippen molar-refractivity contribution in [3.8, 4) is 0 Å². The van der Waals surface area contributed by atoms with E-state index in [2.05, 4.69) is 25.4 Å². The maximum Gasteiger partial charge on any atom is 0.289 e. The van der Waals surface area contributed by atoms with Gasteiger partial charge in [0, 0.05) is 38.3 Å². The minimum atomic E-state index is -0.481. The number of piperazine rings is 1. The molecule has 37 heavy (non-hydrogen) atoms. The number of pyridine rings is 1. The number of hydrogen-bond acceptors (Lipinski definition) is 8. The maximum atomic E-state index is 13.5. The Kier molecular flexibility index (Phi) is 6.31. The Hall–Kier alpha value is -3.83. The summed E-state index contributed by atoms with van der Waals surface area (Å²) in [6.45, 7) is 5.33. The Morgan fingerprint density at radius 2 is 2.05 bits per heavy atom. The number of aryl methyl sites for hydroxylation is 1. The Balaban J connectivity index is 1.35. The summed E-state index contributed by atoms with van der Waals surface area (Å²) in [4.78, 5) is 33.3. The first-order valence-electron chi connectivity index (χ1n) is 12.7. The summed E-state index contributed by atoms with van der Waals surface area (Å²) in [7, 11) is 0. The zero-order valence-corrected chi connectivity index (χ0v) is 20.7. The molecule has 192 valence electrons. The maximum absolute atomic E-state index is 13.5. The molecule has 2 fully saturated rings. The molecule has 6 rings (SSSR count). The van der Waals surface area contributed by atoms with Crippen molar-refractivity contribution in [1.82, 2.24) is 35.0 Å². The topological polar surface area (TPSA) is 122 Å². The van der Waals surface area contributed by atoms with E-state index in [1.807, 2.05) is 31.2 Å². The summed E-state index contributed by atoms with van der Waals surface area (Å²) < 4.78 is 12.9. The number of aromatic nitrogens is 5. The Labute approximate surface area is 213 Å². The average Bonchev–Trinajstić information content (AvgIpc) is 3.70. The highest BCUT2D eigenvalue weighted by molar-refractivity contribution is 5.91. The second-order valence-corrected chi connectivity index (χ2v) is 9.66. The molecule has 5 heterocycles. The molecule has 3 aromatic heterocycles. The fourth-order valence-electron chi connectivity index (χ4n) is 5.36. The summed E-state index contributed by atoms with van der Waals surface area (Å²) in [6.07, 6.45) is 3.51. The van der Waals surface area contributed by atoms with Crippen LogP contribution in [0.3, 0.4) is 0 Å². The fraction of sp³-hybridized carbons (Fsp3) is 0.423. The number of carbonyl (C=O) groups excluding carboxylic acids is 1. The zero-order valence-electron chi connectivity index (χ0n) is 20.7. The van der Waals surface area contributed by atoms with Gasteiger partial charge in [0.25, 0.3) is 11.5 Å². The van der Waals surface area contributed by atoms with Crippen LogP contribution in [0.25, 0.3) is 10.9 Å². The minimum absolute atomic E-state index is 0.0446. The van der Waals surface area contributed by atoms with E-state index in [0.29, 0.717) is 49.9 Å². The molecule has 2 atom stereocenters. The van der Waals surface area contributed by atoms with Gasteiger partial charge in [-0.05, 0) is 59.3 Å². The van der Waals surface area contributed by atoms with Gasteiger partial charge < -0.3 is 19.0 Å². The molecule has 2 aliphatic rings. The number of carbonyl (C=O) groups is 1. The third kappa shape index (κ3) is 4.56. The minimum Gasteiger partial charge on any atom is -0.459 e. The Morgan fingerprint density at radius 3 is 2.81 bits per heavy atom. The van der Waals surface area contributed by atoms with Gasteiger partial charge in [-0.25, -0.2) is 4.68 Å². The number of fused-ring (bicyclic) bond motifs is 1. The first-order chi connectivity index (χ1) is 18.1. The summed E-state index contributed by atoms with van der Waals surface area (Å²) in [5.41, 5.74) is 2.23. The lowest BCUT2D eigenvalue weighted by Crippen LogP contribution is -2.50. The molecular formula is C26H29N7O4. The highest BCUT2D eigenvalue weighted by atomic mass is 16.5. The van der Waals surface area contributed by atoms with E-state index >= 15 is 0 Å². The lowest BCUT2D eigenvalue weighted by atomic mass is 10.0. The monoisotopic (exact) mass is 503 g/mol. The molecule has 2 unspecified atom stereocenters. The van der Waals surface area contributed by atoms with Gasteiger partial charge in [-0.1, -0.05) is 18.2 Å². The van der Waals surface area contributed by atoms with E-state index < -0.39 is 6.04 Å². The standard InChI is InChI=1S/C26H29N7O4/c1-17-5-2-6-18-15-20(25(34)27-22(17)18)23(24-28-29-30-33(24)16-19-7-3-13-36-19)31-9-11-32(12-10-31)26(35)21-8-4-14-37-21/h2,4-6,8,14-15,19,23H,3,7,9-13,16H2,1H3,(H,27,34). The second-order valence-electron chi connectivity index (χ2n) is 9.66. The SMILES string of the molecule is Cc1cccc2cc(C(c3nnnn3CC3CCCO3)N3CCN(C(=O)c4ccco4)CC3)c(=O)[nH]c12. The van der Waals surface area contributed by atoms with Gasteiger partial charge in [-0.15, -0.1) is 5.10 Å². The molecule has 11 nitrogen and oxygen atoms in total. The first kappa shape index (κ1) is 23.6. The lowest BCUT2D eigenvalue weighted by Gasteiger charge is -2.38. The first-order valence-corrected chi connectivity index (χ1v) is 12.7. The van der Waals surface area contributed by atoms with E-state index in [0.717, 1.165) is 35.9 Å². The normalized spacial score (nSPS) is 19.5. The molecule has 2 saturated heterocycles. The predicted octanol–water partition coefficient (Wildman–Crippen LogP) is 2.14. The molecular weight excluding hydrogens is 474 g/mol. The van der Waals surface area contributed by atoms with Crippen molar-refractivity contribution in [1.29, 1.82) is 0 Å². The molecule has 0 aliphatic carbocycles. The highest BCUT2D eigenvalue weighted by Crippen LogP contribution is 2.29. The smallest absolute Gasteiger partial charge is 0.289 e. The van der Waals surface area contributed by atoms with Crippen LogP contribution in [0.15, 0.2) is 51.9 Å². The number of para-hydroxylation sites is 1. The number of hydrogen-bond donors (Lipinski definition) is 1. The number of amides is 1. The van der Waals surface area contributed by atoms with Crippen LogP contribution >= 0.6 is 0 Å². The Morgan fingerprint density at radius 1 is 1.19 bits per heavy atom. The summed E-state index contributed by atoms with van der Waals surface area (Å²) in [5.74, 6) is 0.786. The number of benzene rings is 1. The molecule has 4 aromatic rings. The fourth-order valence-corrected chi connectivity index (χ4v) is 5.36. The third-order valence-electron chi connectivity index (χ3n) is 7.31. The van der Waals surface area contributed by atoms with Gasteiger partial charge in [0.1, 0.15) is 6.04 Å². The molecule has 2 aliphatic heterocycles. The van der Waals surface area contributed by atoms with Crippen molar-refractivity contribution in [2.45, 2.75) is 38.5 Å². The molecule has 1 amide bonds. The van der Waals surface area contributed by atoms with E-state index in [9.17, 15) is 9.59 Å². The van der Waals surface area contributed by atoms with Crippen LogP contribution in [0, 0.1) is 6.92 Å². The van der Waals surface area contributed by atoms with Crippen LogP contribution < -0.4 is 5.56 Å². The Bertz CT molecular complexity index is 1450. The number of aromatic amines is 1. The molecule has 0 spiro atoms. The van der Waals surface area contributed by atoms with Crippen LogP contribution in [0.5, 0.6) is 0 Å². The predicted molar refractivity (Wildman–Crippen MR) is 134 cm³/mol. The summed E-state index contributed by atoms with van der Waals surface area (Å²) >= 11 is 0. The van der Waals surface area contributed by atoms with Crippen molar-refractivity contribution in [2.24, 2.45) is 0 Å². The highest BCUT2D eigenvalue weighted by Gasteiger charge is 2.34. The van der Waals surface area contributed by atoms with Gasteiger partial charge in [-0.3, -0.25) is 14.5 Å². The molecule has 0 radical (unpaired) electrons. The molecule has 11 heteroatoms. The zero-order chi connectivity index (χ0) is 25.4. The molecule has 1 N–H and O–H groups in total. The second kappa shape index (κ2) is 9.91. The van der Waals surface area contributed by atoms with Gasteiger partial charge in [-0.2, -0.15) is 0 Å². The van der Waals surface area contributed by atoms with Crippen molar-refractivity contribution in [3.63, 3.8) is 0 Å². The van der Waals surface area contributed by atoms with Gasteiger partial charge in [0.2, 0.25) is 0 Å². The van der Waals surface area contributed by atoms with Crippen molar-refractivity contribution in [3.05, 3.63) is 75.7 Å². The van der Waals surface area contributed by atoms with Crippen LogP contribution in [-0.2, 0) is 11.3 Å². The lowest BCUT2D eigenvalue weighted by molar-refractivity contribution is 0.0550. The number of furan rings is 1. The van der Waals surface area contributed by atoms with Crippen LogP contribution in [0.4, 0.5) is 0 Å². The average molecular weight is 504 g/mol. The van der Waals surface area contributed by atoms with Crippen LogP contribution in [0.1, 0.15) is 46.4 Å². The van der Waals surface area contributed by atoms with E-state index in [-0.39, 0.29) is 17.6 Å². The van der Waals surface area contributed by atoms with Gasteiger partial charge in [0.05, 0.1) is 24.4 Å². The molecule has 0 bridgehead atoms. The van der Waals surface area contributed by atoms with E-state index in [1.165, 1.54) is 6.26 Å². The quantitative estimate of drug-likeness (QED) is 0.425. The molecule has 1 aromatic carbocycles. The number of H-pyrrole nitrogens is 1. The third-order valence-corrected chi connectivity index (χ3v) is 7.31. The largest absolute Gasteiger partial charge is 0.459 e. The number of nitrogens with one attached hydrogen (secondary N) is 1. The number of nitrogens with zero attached hydrogens (tertiary/aromatic N) is 6. The van der Waals surface area contributed by atoms with Crippen molar-refractivity contribution < 1.29 is 13.9 Å². The van der Waals surface area contributed by atoms with Gasteiger partial charge in [0.15, 0.2) is 11.6 Å². The molecule has 0 saturated carbocycles. The van der Waals surface area contributed by atoms with Crippen molar-refractivity contribution >= 4 is 16.8 Å². The van der Waals surface area contributed by atoms with Crippen LogP contribution in [0.2, 0.25) is 0 Å². The van der Waals surface area contributed by atoms with Crippen LogP contribution in [-0.4, -0.2) is 79.8 Å². The number of ether oxygens (including phenoxy) is 1. The number of tetrazole rings is 1. The number of rotatable bonds is 6. The van der Waals surface area contributed by atoms with Crippen molar-refractivity contribution in [2.75, 3.05) is 32.8 Å². The van der Waals surface area contributed by atoms with E-state index in [1.54, 1.807) is 21.7 Å². The summed E-state index contributed by atoms with van der Waals surface area (Å²) in [5, 5.41) is 13.6. The van der Waals surface area contributed by atoms with E-state index in [4.69, 9.17) is 9.15 Å².